The second kappa shape index (κ2) is 9.84. The Morgan fingerprint density at radius 2 is 1.88 bits per heavy atom. The average molecular weight is 477 g/mol. The Hall–Kier alpha value is -3.41. The second-order valence-corrected chi connectivity index (χ2v) is 8.42. The lowest BCUT2D eigenvalue weighted by molar-refractivity contribution is -0.122. The van der Waals surface area contributed by atoms with Gasteiger partial charge in [0.2, 0.25) is 17.8 Å². The van der Waals surface area contributed by atoms with Crippen LogP contribution in [-0.4, -0.2) is 43.2 Å². The van der Waals surface area contributed by atoms with Gasteiger partial charge in [0.15, 0.2) is 17.3 Å². The Morgan fingerprint density at radius 1 is 1.21 bits per heavy atom. The summed E-state index contributed by atoms with van der Waals surface area (Å²) < 4.78 is 43.8. The number of rotatable bonds is 8. The number of benzene rings is 1. The van der Waals surface area contributed by atoms with Crippen LogP contribution in [0, 0.1) is 23.4 Å². The van der Waals surface area contributed by atoms with Gasteiger partial charge in [0.25, 0.3) is 0 Å². The molecular formula is C22H26F3N7O2. The molecule has 0 saturated heterocycles. The molecule has 12 heteroatoms. The number of imidazole rings is 1. The highest BCUT2D eigenvalue weighted by atomic mass is 19.1. The van der Waals surface area contributed by atoms with Crippen molar-refractivity contribution in [2.75, 3.05) is 17.2 Å². The number of hydrogen-bond donors (Lipinski definition) is 4. The van der Waals surface area contributed by atoms with Gasteiger partial charge >= 0.3 is 0 Å². The van der Waals surface area contributed by atoms with Crippen molar-refractivity contribution in [3.05, 3.63) is 35.8 Å². The van der Waals surface area contributed by atoms with Gasteiger partial charge in [-0.1, -0.05) is 6.92 Å². The number of hydrogen-bond acceptors (Lipinski definition) is 7. The van der Waals surface area contributed by atoms with Gasteiger partial charge in [-0.15, -0.1) is 0 Å². The van der Waals surface area contributed by atoms with Gasteiger partial charge in [-0.05, 0) is 32.1 Å². The largest absolute Gasteiger partial charge is 0.394 e. The topological polar surface area (TPSA) is 131 Å². The molecule has 0 bridgehead atoms. The maximum atomic E-state index is 14.4. The Labute approximate surface area is 193 Å². The number of aliphatic hydroxyl groups is 1. The number of carbonyl (C=O) groups is 1. The van der Waals surface area contributed by atoms with E-state index in [9.17, 15) is 23.1 Å². The van der Waals surface area contributed by atoms with E-state index in [2.05, 4.69) is 25.6 Å². The van der Waals surface area contributed by atoms with Gasteiger partial charge < -0.3 is 21.5 Å². The Balaban J connectivity index is 1.76. The second-order valence-electron chi connectivity index (χ2n) is 8.42. The zero-order valence-corrected chi connectivity index (χ0v) is 18.6. The molecule has 1 saturated carbocycles. The molecule has 1 fully saturated rings. The number of nitrogens with two attached hydrogens (primary N) is 1. The molecule has 0 unspecified atom stereocenters. The zero-order valence-electron chi connectivity index (χ0n) is 18.6. The van der Waals surface area contributed by atoms with Gasteiger partial charge in [0.1, 0.15) is 17.0 Å². The van der Waals surface area contributed by atoms with Crippen molar-refractivity contribution in [2.24, 2.45) is 11.7 Å². The number of carbonyl (C=O) groups excluding carboxylic acids is 1. The summed E-state index contributed by atoms with van der Waals surface area (Å²) in [5.41, 5.74) is 5.71. The van der Waals surface area contributed by atoms with E-state index in [4.69, 9.17) is 5.73 Å². The third-order valence-corrected chi connectivity index (χ3v) is 6.19. The van der Waals surface area contributed by atoms with Crippen LogP contribution < -0.4 is 16.4 Å². The molecule has 1 amide bonds. The minimum absolute atomic E-state index is 0.107. The lowest BCUT2D eigenvalue weighted by atomic mass is 9.85. The molecule has 0 spiro atoms. The molecule has 1 aliphatic carbocycles. The van der Waals surface area contributed by atoms with Crippen LogP contribution in [0.5, 0.6) is 0 Å². The highest BCUT2D eigenvalue weighted by Gasteiger charge is 2.29. The number of nitrogens with one attached hydrogen (secondary N) is 2. The van der Waals surface area contributed by atoms with Crippen LogP contribution in [0.3, 0.4) is 0 Å². The van der Waals surface area contributed by atoms with Crippen molar-refractivity contribution in [3.8, 4) is 0 Å². The minimum Gasteiger partial charge on any atom is -0.394 e. The molecule has 2 heterocycles. The lowest BCUT2D eigenvalue weighted by Gasteiger charge is -2.29. The molecule has 4 rings (SSSR count). The molecule has 3 aromatic rings. The predicted molar refractivity (Wildman–Crippen MR) is 120 cm³/mol. The fourth-order valence-corrected chi connectivity index (χ4v) is 4.25. The summed E-state index contributed by atoms with van der Waals surface area (Å²) in [6.45, 7) is 1.80. The van der Waals surface area contributed by atoms with E-state index in [0.717, 1.165) is 0 Å². The lowest BCUT2D eigenvalue weighted by Crippen LogP contribution is -2.29. The van der Waals surface area contributed by atoms with Gasteiger partial charge in [0, 0.05) is 24.1 Å². The average Bonchev–Trinajstić information content (AvgIpc) is 3.17. The van der Waals surface area contributed by atoms with Crippen molar-refractivity contribution in [2.45, 2.75) is 51.1 Å². The molecule has 1 aromatic carbocycles. The number of fused-ring (bicyclic) bond motifs is 1. The van der Waals surface area contributed by atoms with Crippen molar-refractivity contribution >= 4 is 34.7 Å². The standard InChI is InChI=1S/C22H26F3N7O2/c1-2-13(10-33)28-21-27-9-17-20(31-21)32(14-5-3-11(4-6-14)19(26)34)22(29-17)30-18-15(24)7-12(23)8-16(18)25/h7-9,11,13-14,33H,2-6,10H2,1H3,(H2,26,34)(H,29,30)(H,27,28,31)/t11-,13-,14+/m0/s1. The fourth-order valence-electron chi connectivity index (χ4n) is 4.25. The quantitative estimate of drug-likeness (QED) is 0.391. The van der Waals surface area contributed by atoms with Crippen LogP contribution in [0.1, 0.15) is 45.1 Å². The van der Waals surface area contributed by atoms with E-state index >= 15 is 0 Å². The maximum absolute atomic E-state index is 14.4. The number of halogens is 3. The normalized spacial score (nSPS) is 19.2. The van der Waals surface area contributed by atoms with E-state index in [1.165, 1.54) is 6.20 Å². The fraction of sp³-hybridized carbons (Fsp3) is 0.455. The first kappa shape index (κ1) is 23.7. The first-order valence-corrected chi connectivity index (χ1v) is 11.1. The zero-order chi connectivity index (χ0) is 24.4. The van der Waals surface area contributed by atoms with Gasteiger partial charge in [-0.3, -0.25) is 9.36 Å². The molecule has 0 radical (unpaired) electrons. The van der Waals surface area contributed by atoms with Gasteiger partial charge in [-0.25, -0.2) is 23.1 Å². The minimum atomic E-state index is -1.10. The Bertz CT molecular complexity index is 1170. The maximum Gasteiger partial charge on any atom is 0.225 e. The smallest absolute Gasteiger partial charge is 0.225 e. The van der Waals surface area contributed by atoms with E-state index in [1.807, 2.05) is 6.92 Å². The van der Waals surface area contributed by atoms with Crippen molar-refractivity contribution in [1.29, 1.82) is 0 Å². The highest BCUT2D eigenvalue weighted by molar-refractivity contribution is 5.78. The van der Waals surface area contributed by atoms with Crippen LogP contribution in [0.25, 0.3) is 11.2 Å². The Kier molecular flexibility index (Phi) is 6.87. The van der Waals surface area contributed by atoms with Crippen LogP contribution >= 0.6 is 0 Å². The van der Waals surface area contributed by atoms with E-state index in [1.54, 1.807) is 4.57 Å². The summed E-state index contributed by atoms with van der Waals surface area (Å²) in [7, 11) is 0. The van der Waals surface area contributed by atoms with Crippen LogP contribution in [-0.2, 0) is 4.79 Å². The summed E-state index contributed by atoms with van der Waals surface area (Å²) in [5.74, 6) is -3.45. The van der Waals surface area contributed by atoms with E-state index < -0.39 is 23.1 Å². The number of primary amides is 1. The monoisotopic (exact) mass is 477 g/mol. The molecule has 2 aromatic heterocycles. The molecule has 1 atom stereocenters. The first-order valence-electron chi connectivity index (χ1n) is 11.1. The van der Waals surface area contributed by atoms with Crippen molar-refractivity contribution in [1.82, 2.24) is 19.5 Å². The molecule has 0 aliphatic heterocycles. The van der Waals surface area contributed by atoms with E-state index in [-0.39, 0.29) is 42.4 Å². The number of nitrogens with zero attached hydrogens (tertiary/aromatic N) is 4. The molecule has 182 valence electrons. The van der Waals surface area contributed by atoms with Gasteiger partial charge in [-0.2, -0.15) is 4.98 Å². The number of aliphatic hydroxyl groups excluding tert-OH is 1. The highest BCUT2D eigenvalue weighted by Crippen LogP contribution is 2.37. The molecular weight excluding hydrogens is 451 g/mol. The third kappa shape index (κ3) is 4.76. The van der Waals surface area contributed by atoms with Crippen molar-refractivity contribution < 1.29 is 23.1 Å². The summed E-state index contributed by atoms with van der Waals surface area (Å²) in [5, 5.41) is 15.2. The van der Waals surface area contributed by atoms with Crippen LogP contribution in [0.15, 0.2) is 18.3 Å². The van der Waals surface area contributed by atoms with Crippen molar-refractivity contribution in [3.63, 3.8) is 0 Å². The predicted octanol–water partition coefficient (Wildman–Crippen LogP) is 3.39. The van der Waals surface area contributed by atoms with Crippen LogP contribution in [0.2, 0.25) is 0 Å². The number of amides is 1. The Morgan fingerprint density at radius 3 is 2.47 bits per heavy atom. The summed E-state index contributed by atoms with van der Waals surface area (Å²) in [4.78, 5) is 24.8. The number of anilines is 3. The molecule has 34 heavy (non-hydrogen) atoms. The third-order valence-electron chi connectivity index (χ3n) is 6.19. The van der Waals surface area contributed by atoms with E-state index in [0.29, 0.717) is 55.4 Å². The first-order chi connectivity index (χ1) is 16.3. The summed E-state index contributed by atoms with van der Waals surface area (Å²) >= 11 is 0. The van der Waals surface area contributed by atoms with Crippen LogP contribution in [0.4, 0.5) is 30.8 Å². The summed E-state index contributed by atoms with van der Waals surface area (Å²) in [6, 6.07) is 0.730. The number of aromatic nitrogens is 4. The molecule has 9 nitrogen and oxygen atoms in total. The summed E-state index contributed by atoms with van der Waals surface area (Å²) in [6.07, 6.45) is 4.37. The van der Waals surface area contributed by atoms with Gasteiger partial charge in [0.05, 0.1) is 18.8 Å². The molecule has 1 aliphatic rings. The molecule has 5 N–H and O–H groups in total. The SMILES string of the molecule is CC[C@@H](CO)Nc1ncc2nc(Nc3c(F)cc(F)cc3F)n([C@H]3CC[C@@H](C(N)=O)CC3)c2n1.